The molecule has 1 aliphatic heterocycles. The average Bonchev–Trinajstić information content (AvgIpc) is 2.42. The summed E-state index contributed by atoms with van der Waals surface area (Å²) < 4.78 is 14.8. The van der Waals surface area contributed by atoms with Gasteiger partial charge in [0.1, 0.15) is 4.99 Å². The SMILES string of the molecule is NC(=S)c1ccc(N2CCCC(CCO)C2)c(F)c1Br. The fourth-order valence-electron chi connectivity index (χ4n) is 2.68. The second kappa shape index (κ2) is 6.83. The molecule has 0 aromatic heterocycles. The highest BCUT2D eigenvalue weighted by Crippen LogP contribution is 2.32. The fourth-order valence-corrected chi connectivity index (χ4v) is 3.53. The number of aliphatic hydroxyl groups excluding tert-OH is 1. The number of aliphatic hydroxyl groups is 1. The first-order valence-corrected chi connectivity index (χ1v) is 7.88. The molecule has 1 aromatic rings. The van der Waals surface area contributed by atoms with Crippen LogP contribution in [0, 0.1) is 11.7 Å². The number of nitrogens with two attached hydrogens (primary N) is 1. The van der Waals surface area contributed by atoms with Crippen LogP contribution in [0.2, 0.25) is 0 Å². The summed E-state index contributed by atoms with van der Waals surface area (Å²) in [6.07, 6.45) is 2.87. The highest BCUT2D eigenvalue weighted by molar-refractivity contribution is 9.10. The molecule has 0 saturated carbocycles. The molecular formula is C14H18BrFN2OS. The van der Waals surface area contributed by atoms with Gasteiger partial charge < -0.3 is 15.7 Å². The van der Waals surface area contributed by atoms with Crippen molar-refractivity contribution < 1.29 is 9.50 Å². The van der Waals surface area contributed by atoms with Gasteiger partial charge in [-0.1, -0.05) is 12.2 Å². The predicted octanol–water partition coefficient (Wildman–Crippen LogP) is 2.82. The number of halogens is 2. The van der Waals surface area contributed by atoms with Crippen LogP contribution in [0.5, 0.6) is 0 Å². The highest BCUT2D eigenvalue weighted by atomic mass is 79.9. The van der Waals surface area contributed by atoms with Crippen LogP contribution in [0.25, 0.3) is 0 Å². The summed E-state index contributed by atoms with van der Waals surface area (Å²) in [7, 11) is 0. The van der Waals surface area contributed by atoms with Crippen molar-refractivity contribution in [2.24, 2.45) is 11.7 Å². The summed E-state index contributed by atoms with van der Waals surface area (Å²) in [5.41, 5.74) is 6.65. The van der Waals surface area contributed by atoms with E-state index in [0.717, 1.165) is 32.4 Å². The Morgan fingerprint density at radius 2 is 2.30 bits per heavy atom. The maximum Gasteiger partial charge on any atom is 0.161 e. The predicted molar refractivity (Wildman–Crippen MR) is 86.6 cm³/mol. The van der Waals surface area contributed by atoms with Crippen LogP contribution in [0.15, 0.2) is 16.6 Å². The molecule has 20 heavy (non-hydrogen) atoms. The summed E-state index contributed by atoms with van der Waals surface area (Å²) >= 11 is 8.14. The zero-order chi connectivity index (χ0) is 14.7. The summed E-state index contributed by atoms with van der Waals surface area (Å²) in [6.45, 7) is 1.79. The number of nitrogens with zero attached hydrogens (tertiary/aromatic N) is 1. The second-order valence-electron chi connectivity index (χ2n) is 5.09. The van der Waals surface area contributed by atoms with Gasteiger partial charge in [-0.3, -0.25) is 0 Å². The maximum atomic E-state index is 14.5. The van der Waals surface area contributed by atoms with Gasteiger partial charge in [-0.05, 0) is 53.2 Å². The number of piperidine rings is 1. The lowest BCUT2D eigenvalue weighted by atomic mass is 9.94. The molecule has 0 aliphatic carbocycles. The van der Waals surface area contributed by atoms with Gasteiger partial charge in [0.15, 0.2) is 5.82 Å². The quantitative estimate of drug-likeness (QED) is 0.810. The minimum Gasteiger partial charge on any atom is -0.396 e. The lowest BCUT2D eigenvalue weighted by Gasteiger charge is -2.34. The van der Waals surface area contributed by atoms with E-state index in [0.29, 0.717) is 21.6 Å². The van der Waals surface area contributed by atoms with Gasteiger partial charge in [-0.15, -0.1) is 0 Å². The molecule has 1 unspecified atom stereocenters. The monoisotopic (exact) mass is 360 g/mol. The van der Waals surface area contributed by atoms with Crippen LogP contribution in [-0.2, 0) is 0 Å². The van der Waals surface area contributed by atoms with Gasteiger partial charge in [0, 0.05) is 25.3 Å². The normalized spacial score (nSPS) is 19.1. The van der Waals surface area contributed by atoms with E-state index in [2.05, 4.69) is 15.9 Å². The van der Waals surface area contributed by atoms with Crippen molar-refractivity contribution >= 4 is 38.8 Å². The molecule has 1 heterocycles. The van der Waals surface area contributed by atoms with Gasteiger partial charge in [-0.25, -0.2) is 4.39 Å². The van der Waals surface area contributed by atoms with Gasteiger partial charge in [0.25, 0.3) is 0 Å². The third-order valence-corrected chi connectivity index (χ3v) is 4.72. The summed E-state index contributed by atoms with van der Waals surface area (Å²) in [4.78, 5) is 2.21. The van der Waals surface area contributed by atoms with Crippen molar-refractivity contribution in [3.05, 3.63) is 28.0 Å². The molecule has 0 radical (unpaired) electrons. The molecule has 0 bridgehead atoms. The van der Waals surface area contributed by atoms with Crippen LogP contribution >= 0.6 is 28.1 Å². The first-order valence-electron chi connectivity index (χ1n) is 6.68. The summed E-state index contributed by atoms with van der Waals surface area (Å²) in [5, 5.41) is 9.04. The number of benzene rings is 1. The number of hydrogen-bond acceptors (Lipinski definition) is 3. The third kappa shape index (κ3) is 3.30. The molecule has 1 saturated heterocycles. The van der Waals surface area contributed by atoms with Crippen LogP contribution in [0.4, 0.5) is 10.1 Å². The number of thiocarbonyl (C=S) groups is 1. The molecule has 110 valence electrons. The Morgan fingerprint density at radius 1 is 1.55 bits per heavy atom. The Bertz CT molecular complexity index is 510. The van der Waals surface area contributed by atoms with Gasteiger partial charge in [-0.2, -0.15) is 0 Å². The van der Waals surface area contributed by atoms with Crippen LogP contribution in [0.3, 0.4) is 0 Å². The minimum atomic E-state index is -0.319. The first kappa shape index (κ1) is 15.7. The molecular weight excluding hydrogens is 343 g/mol. The summed E-state index contributed by atoms with van der Waals surface area (Å²) in [5.74, 6) is 0.0992. The second-order valence-corrected chi connectivity index (χ2v) is 6.32. The van der Waals surface area contributed by atoms with Gasteiger partial charge in [0.05, 0.1) is 10.2 Å². The van der Waals surface area contributed by atoms with E-state index >= 15 is 0 Å². The van der Waals surface area contributed by atoms with E-state index in [1.54, 1.807) is 12.1 Å². The number of hydrogen-bond donors (Lipinski definition) is 2. The van der Waals surface area contributed by atoms with Crippen molar-refractivity contribution in [2.45, 2.75) is 19.3 Å². The van der Waals surface area contributed by atoms with Crippen molar-refractivity contribution in [1.82, 2.24) is 0 Å². The number of anilines is 1. The zero-order valence-electron chi connectivity index (χ0n) is 11.1. The largest absolute Gasteiger partial charge is 0.396 e. The number of rotatable bonds is 4. The molecule has 6 heteroatoms. The van der Waals surface area contributed by atoms with Gasteiger partial charge >= 0.3 is 0 Å². The Morgan fingerprint density at radius 3 is 2.95 bits per heavy atom. The van der Waals surface area contributed by atoms with E-state index in [-0.39, 0.29) is 17.4 Å². The topological polar surface area (TPSA) is 49.5 Å². The Labute approximate surface area is 132 Å². The molecule has 1 aromatic carbocycles. The lowest BCUT2D eigenvalue weighted by molar-refractivity contribution is 0.244. The van der Waals surface area contributed by atoms with Crippen molar-refractivity contribution in [3.8, 4) is 0 Å². The third-order valence-electron chi connectivity index (χ3n) is 3.72. The minimum absolute atomic E-state index is 0.180. The van der Waals surface area contributed by atoms with Crippen molar-refractivity contribution in [2.75, 3.05) is 24.6 Å². The van der Waals surface area contributed by atoms with E-state index in [4.69, 9.17) is 23.1 Å². The fraction of sp³-hybridized carbons (Fsp3) is 0.500. The zero-order valence-corrected chi connectivity index (χ0v) is 13.5. The molecule has 1 aliphatic rings. The maximum absolute atomic E-state index is 14.5. The van der Waals surface area contributed by atoms with E-state index in [9.17, 15) is 4.39 Å². The molecule has 0 amide bonds. The Hall–Kier alpha value is -0.720. The van der Waals surface area contributed by atoms with Crippen molar-refractivity contribution in [3.63, 3.8) is 0 Å². The lowest BCUT2D eigenvalue weighted by Crippen LogP contribution is -2.36. The molecule has 1 atom stereocenters. The first-order chi connectivity index (χ1) is 9.54. The van der Waals surface area contributed by atoms with Crippen LogP contribution in [0.1, 0.15) is 24.8 Å². The average molecular weight is 361 g/mol. The molecule has 0 spiro atoms. The van der Waals surface area contributed by atoms with Crippen LogP contribution in [-0.4, -0.2) is 29.8 Å². The van der Waals surface area contributed by atoms with Gasteiger partial charge in [0.2, 0.25) is 0 Å². The summed E-state index contributed by atoms with van der Waals surface area (Å²) in [6, 6.07) is 3.48. The van der Waals surface area contributed by atoms with Crippen molar-refractivity contribution in [1.29, 1.82) is 0 Å². The molecule has 3 nitrogen and oxygen atoms in total. The van der Waals surface area contributed by atoms with E-state index in [1.165, 1.54) is 0 Å². The molecule has 2 rings (SSSR count). The van der Waals surface area contributed by atoms with E-state index in [1.807, 2.05) is 4.90 Å². The Kier molecular flexibility index (Phi) is 5.35. The smallest absolute Gasteiger partial charge is 0.161 e. The van der Waals surface area contributed by atoms with E-state index < -0.39 is 0 Å². The highest BCUT2D eigenvalue weighted by Gasteiger charge is 2.23. The molecule has 1 fully saturated rings. The molecule has 3 N–H and O–H groups in total. The standard InChI is InChI=1S/C14H18BrFN2OS/c15-12-10(14(17)20)3-4-11(13(12)16)18-6-1-2-9(8-18)5-7-19/h3-4,9,19H,1-2,5-8H2,(H2,17,20). The Balaban J connectivity index is 2.24. The van der Waals surface area contributed by atoms with Crippen LogP contribution < -0.4 is 10.6 Å².